The number of rotatable bonds is 3. The van der Waals surface area contributed by atoms with Crippen molar-refractivity contribution < 1.29 is 9.53 Å². The van der Waals surface area contributed by atoms with Gasteiger partial charge in [0, 0.05) is 14.1 Å². The molecule has 0 atom stereocenters. The molecule has 1 heterocycles. The van der Waals surface area contributed by atoms with Gasteiger partial charge in [0.1, 0.15) is 0 Å². The van der Waals surface area contributed by atoms with Gasteiger partial charge in [0.15, 0.2) is 0 Å². The Morgan fingerprint density at radius 1 is 1.54 bits per heavy atom. The van der Waals surface area contributed by atoms with E-state index in [1.165, 1.54) is 11.3 Å². The highest BCUT2D eigenvalue weighted by Crippen LogP contribution is 2.17. The third-order valence-corrected chi connectivity index (χ3v) is 2.32. The van der Waals surface area contributed by atoms with Crippen LogP contribution in [0.4, 0.5) is 5.13 Å². The van der Waals surface area contributed by atoms with Crippen LogP contribution in [0.15, 0.2) is 0 Å². The molecule has 0 amide bonds. The first kappa shape index (κ1) is 9.91. The third-order valence-electron chi connectivity index (χ3n) is 1.25. The first-order valence-corrected chi connectivity index (χ1v) is 4.64. The van der Waals surface area contributed by atoms with E-state index in [9.17, 15) is 4.79 Å². The topological polar surface area (TPSA) is 55.3 Å². The van der Waals surface area contributed by atoms with E-state index >= 15 is 0 Å². The van der Waals surface area contributed by atoms with Crippen LogP contribution in [0, 0.1) is 0 Å². The minimum atomic E-state index is -0.409. The lowest BCUT2D eigenvalue weighted by Crippen LogP contribution is -2.07. The normalized spacial score (nSPS) is 9.77. The van der Waals surface area contributed by atoms with Gasteiger partial charge in [0.2, 0.25) is 10.1 Å². The van der Waals surface area contributed by atoms with Crippen molar-refractivity contribution in [1.82, 2.24) is 10.2 Å². The van der Waals surface area contributed by atoms with Gasteiger partial charge >= 0.3 is 5.97 Å². The van der Waals surface area contributed by atoms with Crippen LogP contribution in [0.3, 0.4) is 0 Å². The fourth-order valence-electron chi connectivity index (χ4n) is 0.672. The average Bonchev–Trinajstić information content (AvgIpc) is 2.52. The number of hydrogen-bond acceptors (Lipinski definition) is 6. The zero-order valence-electron chi connectivity index (χ0n) is 7.77. The lowest BCUT2D eigenvalue weighted by Gasteiger charge is -2.03. The molecule has 0 saturated heterocycles. The van der Waals surface area contributed by atoms with E-state index in [0.717, 1.165) is 0 Å². The number of hydrogen-bond donors (Lipinski definition) is 0. The van der Waals surface area contributed by atoms with Gasteiger partial charge in [-0.2, -0.15) is 0 Å². The predicted molar refractivity (Wildman–Crippen MR) is 50.2 cm³/mol. The Kier molecular flexibility index (Phi) is 3.18. The van der Waals surface area contributed by atoms with Crippen molar-refractivity contribution in [2.24, 2.45) is 0 Å². The summed E-state index contributed by atoms with van der Waals surface area (Å²) in [5, 5.41) is 8.51. The monoisotopic (exact) mass is 201 g/mol. The van der Waals surface area contributed by atoms with Gasteiger partial charge in [-0.05, 0) is 6.92 Å². The van der Waals surface area contributed by atoms with Crippen LogP contribution in [-0.2, 0) is 4.74 Å². The van der Waals surface area contributed by atoms with Gasteiger partial charge in [-0.15, -0.1) is 10.2 Å². The van der Waals surface area contributed by atoms with Gasteiger partial charge in [-0.3, -0.25) is 0 Å². The highest BCUT2D eigenvalue weighted by molar-refractivity contribution is 7.17. The third kappa shape index (κ3) is 2.38. The maximum Gasteiger partial charge on any atom is 0.369 e. The first-order valence-electron chi connectivity index (χ1n) is 3.83. The van der Waals surface area contributed by atoms with Crippen LogP contribution < -0.4 is 4.90 Å². The number of carbonyl (C=O) groups excluding carboxylic acids is 1. The molecule has 6 heteroatoms. The molecule has 0 spiro atoms. The van der Waals surface area contributed by atoms with E-state index in [-0.39, 0.29) is 0 Å². The SMILES string of the molecule is CCOC(=O)c1nnc(N(C)C)s1. The van der Waals surface area contributed by atoms with Crippen LogP contribution in [0.2, 0.25) is 0 Å². The Hall–Kier alpha value is -1.17. The molecule has 0 bridgehead atoms. The van der Waals surface area contributed by atoms with Crippen molar-refractivity contribution >= 4 is 22.4 Å². The second-order valence-electron chi connectivity index (χ2n) is 2.50. The maximum absolute atomic E-state index is 11.1. The molecule has 0 aliphatic carbocycles. The zero-order chi connectivity index (χ0) is 9.84. The summed E-state index contributed by atoms with van der Waals surface area (Å²) in [5.74, 6) is -0.409. The molecule has 1 rings (SSSR count). The van der Waals surface area contributed by atoms with E-state index in [0.29, 0.717) is 16.7 Å². The minimum Gasteiger partial charge on any atom is -0.461 e. The van der Waals surface area contributed by atoms with Gasteiger partial charge in [-0.1, -0.05) is 11.3 Å². The Morgan fingerprint density at radius 2 is 2.23 bits per heavy atom. The highest BCUT2D eigenvalue weighted by Gasteiger charge is 2.13. The van der Waals surface area contributed by atoms with Gasteiger partial charge < -0.3 is 9.64 Å². The van der Waals surface area contributed by atoms with Crippen molar-refractivity contribution in [2.45, 2.75) is 6.92 Å². The molecule has 0 unspecified atom stereocenters. The summed E-state index contributed by atoms with van der Waals surface area (Å²) >= 11 is 1.22. The van der Waals surface area contributed by atoms with Gasteiger partial charge in [0.05, 0.1) is 6.61 Å². The number of anilines is 1. The summed E-state index contributed by atoms with van der Waals surface area (Å²) in [7, 11) is 3.69. The summed E-state index contributed by atoms with van der Waals surface area (Å²) in [5.41, 5.74) is 0. The summed E-state index contributed by atoms with van der Waals surface area (Å²) in [6.45, 7) is 2.11. The number of ether oxygens (including phenoxy) is 1. The second-order valence-corrected chi connectivity index (χ2v) is 3.46. The van der Waals surface area contributed by atoms with E-state index in [2.05, 4.69) is 10.2 Å². The standard InChI is InChI=1S/C7H11N3O2S/c1-4-12-6(11)5-8-9-7(13-5)10(2)3/h4H2,1-3H3. The molecule has 1 aromatic rings. The van der Waals surface area contributed by atoms with E-state index in [1.54, 1.807) is 11.8 Å². The summed E-state index contributed by atoms with van der Waals surface area (Å²) < 4.78 is 4.77. The molecule has 0 aliphatic heterocycles. The molecule has 1 aromatic heterocycles. The lowest BCUT2D eigenvalue weighted by atomic mass is 10.7. The van der Waals surface area contributed by atoms with Crippen LogP contribution in [0.1, 0.15) is 16.7 Å². The highest BCUT2D eigenvalue weighted by atomic mass is 32.1. The number of esters is 1. The smallest absolute Gasteiger partial charge is 0.369 e. The molecule has 13 heavy (non-hydrogen) atoms. The lowest BCUT2D eigenvalue weighted by molar-refractivity contribution is 0.0525. The van der Waals surface area contributed by atoms with E-state index < -0.39 is 5.97 Å². The average molecular weight is 201 g/mol. The van der Waals surface area contributed by atoms with Crippen LogP contribution in [0.5, 0.6) is 0 Å². The maximum atomic E-state index is 11.1. The molecule has 0 aliphatic rings. The molecule has 0 aromatic carbocycles. The fraction of sp³-hybridized carbons (Fsp3) is 0.571. The molecule has 0 N–H and O–H groups in total. The molecule has 0 radical (unpaired) electrons. The number of nitrogens with zero attached hydrogens (tertiary/aromatic N) is 3. The first-order chi connectivity index (χ1) is 6.15. The van der Waals surface area contributed by atoms with Crippen LogP contribution in [-0.4, -0.2) is 36.9 Å². The number of carbonyl (C=O) groups is 1. The van der Waals surface area contributed by atoms with Crippen molar-refractivity contribution in [2.75, 3.05) is 25.6 Å². The Labute approximate surface area is 80.3 Å². The molecule has 72 valence electrons. The Bertz CT molecular complexity index is 298. The Balaban J connectivity index is 2.73. The summed E-state index contributed by atoms with van der Waals surface area (Å²) in [6.07, 6.45) is 0. The van der Waals surface area contributed by atoms with Crippen LogP contribution in [0.25, 0.3) is 0 Å². The molecular weight excluding hydrogens is 190 g/mol. The molecule has 5 nitrogen and oxygen atoms in total. The summed E-state index contributed by atoms with van der Waals surface area (Å²) in [6, 6.07) is 0. The zero-order valence-corrected chi connectivity index (χ0v) is 8.59. The largest absolute Gasteiger partial charge is 0.461 e. The van der Waals surface area contributed by atoms with E-state index in [4.69, 9.17) is 4.74 Å². The minimum absolute atomic E-state index is 0.297. The van der Waals surface area contributed by atoms with Gasteiger partial charge in [0.25, 0.3) is 0 Å². The van der Waals surface area contributed by atoms with Crippen molar-refractivity contribution in [3.63, 3.8) is 0 Å². The van der Waals surface area contributed by atoms with E-state index in [1.807, 2.05) is 14.1 Å². The quantitative estimate of drug-likeness (QED) is 0.676. The van der Waals surface area contributed by atoms with Crippen molar-refractivity contribution in [1.29, 1.82) is 0 Å². The predicted octanol–water partition coefficient (Wildman–Crippen LogP) is 0.781. The molecule has 0 fully saturated rings. The Morgan fingerprint density at radius 3 is 2.69 bits per heavy atom. The molecule has 0 saturated carbocycles. The van der Waals surface area contributed by atoms with Crippen molar-refractivity contribution in [3.8, 4) is 0 Å². The van der Waals surface area contributed by atoms with Crippen LogP contribution >= 0.6 is 11.3 Å². The fourth-order valence-corrected chi connectivity index (χ4v) is 1.33. The molecular formula is C7H11N3O2S. The van der Waals surface area contributed by atoms with Crippen molar-refractivity contribution in [3.05, 3.63) is 5.01 Å². The summed E-state index contributed by atoms with van der Waals surface area (Å²) in [4.78, 5) is 12.9. The van der Waals surface area contributed by atoms with Gasteiger partial charge in [-0.25, -0.2) is 4.79 Å². The number of aromatic nitrogens is 2. The second kappa shape index (κ2) is 4.18.